The highest BCUT2D eigenvalue weighted by molar-refractivity contribution is 6.30. The Morgan fingerprint density at radius 3 is 2.61 bits per heavy atom. The Morgan fingerprint density at radius 2 is 2.06 bits per heavy atom. The number of hydrogen-bond acceptors (Lipinski definition) is 3. The average Bonchev–Trinajstić information content (AvgIpc) is 2.29. The van der Waals surface area contributed by atoms with E-state index in [2.05, 4.69) is 0 Å². The molecule has 1 aliphatic rings. The van der Waals surface area contributed by atoms with E-state index in [9.17, 15) is 15.0 Å². The Hall–Kier alpha value is -1.10. The van der Waals surface area contributed by atoms with Crippen LogP contribution in [0.2, 0.25) is 5.02 Å². The van der Waals surface area contributed by atoms with E-state index in [4.69, 9.17) is 16.3 Å². The maximum Gasteiger partial charge on any atom is 0.313 e. The third kappa shape index (κ3) is 2.66. The predicted octanol–water partition coefficient (Wildman–Crippen LogP) is 2.05. The minimum Gasteiger partial charge on any atom is -0.481 e. The van der Waals surface area contributed by atoms with E-state index in [1.807, 2.05) is 0 Å². The second-order valence-corrected chi connectivity index (χ2v) is 4.98. The lowest BCUT2D eigenvalue weighted by Crippen LogP contribution is -2.45. The molecule has 0 aliphatic carbocycles. The van der Waals surface area contributed by atoms with Crippen molar-refractivity contribution < 1.29 is 19.7 Å². The summed E-state index contributed by atoms with van der Waals surface area (Å²) in [5.74, 6) is -2.01. The smallest absolute Gasteiger partial charge is 0.313 e. The number of carboxylic acids is 1. The molecule has 1 aliphatic heterocycles. The zero-order valence-corrected chi connectivity index (χ0v) is 10.6. The van der Waals surface area contributed by atoms with Gasteiger partial charge in [0.2, 0.25) is 0 Å². The van der Waals surface area contributed by atoms with E-state index in [-0.39, 0.29) is 0 Å². The van der Waals surface area contributed by atoms with Gasteiger partial charge in [0.15, 0.2) is 0 Å². The molecule has 0 amide bonds. The summed E-state index contributed by atoms with van der Waals surface area (Å²) < 4.78 is 5.18. The van der Waals surface area contributed by atoms with Gasteiger partial charge in [-0.25, -0.2) is 0 Å². The van der Waals surface area contributed by atoms with Crippen molar-refractivity contribution >= 4 is 17.6 Å². The molecule has 0 saturated carbocycles. The van der Waals surface area contributed by atoms with Gasteiger partial charge in [0.05, 0.1) is 5.60 Å². The van der Waals surface area contributed by atoms with Crippen LogP contribution in [0.4, 0.5) is 0 Å². The second kappa shape index (κ2) is 5.26. The first-order valence-electron chi connectivity index (χ1n) is 5.81. The SMILES string of the molecule is O=C(O)[C@@H](c1cccc(Cl)c1)C1(O)CCOCC1. The molecule has 1 heterocycles. The van der Waals surface area contributed by atoms with Crippen molar-refractivity contribution in [2.24, 2.45) is 0 Å². The number of halogens is 1. The number of aliphatic hydroxyl groups is 1. The molecule has 2 rings (SSSR count). The van der Waals surface area contributed by atoms with Gasteiger partial charge in [-0.15, -0.1) is 0 Å². The number of carbonyl (C=O) groups is 1. The summed E-state index contributed by atoms with van der Waals surface area (Å²) in [6.07, 6.45) is 0.632. The topological polar surface area (TPSA) is 66.8 Å². The number of rotatable bonds is 3. The standard InChI is InChI=1S/C13H15ClO4/c14-10-3-1-2-9(8-10)11(12(15)16)13(17)4-6-18-7-5-13/h1-3,8,11,17H,4-7H2,(H,15,16)/t11-/m1/s1. The zero-order chi connectivity index (χ0) is 13.2. The summed E-state index contributed by atoms with van der Waals surface area (Å²) in [6, 6.07) is 6.64. The summed E-state index contributed by atoms with van der Waals surface area (Å²) in [4.78, 5) is 11.5. The first-order chi connectivity index (χ1) is 8.53. The summed E-state index contributed by atoms with van der Waals surface area (Å²) in [7, 11) is 0. The van der Waals surface area contributed by atoms with Crippen molar-refractivity contribution in [3.63, 3.8) is 0 Å². The lowest BCUT2D eigenvalue weighted by molar-refractivity contribution is -0.151. The number of ether oxygens (including phenoxy) is 1. The average molecular weight is 271 g/mol. The third-order valence-corrected chi connectivity index (χ3v) is 3.56. The molecule has 4 nitrogen and oxygen atoms in total. The van der Waals surface area contributed by atoms with Crippen molar-refractivity contribution in [2.45, 2.75) is 24.4 Å². The Bertz CT molecular complexity index is 440. The molecule has 1 aromatic rings. The predicted molar refractivity (Wildman–Crippen MR) is 66.8 cm³/mol. The maximum atomic E-state index is 11.5. The lowest BCUT2D eigenvalue weighted by Gasteiger charge is -2.37. The van der Waals surface area contributed by atoms with E-state index in [1.54, 1.807) is 24.3 Å². The van der Waals surface area contributed by atoms with Crippen molar-refractivity contribution in [3.8, 4) is 0 Å². The maximum absolute atomic E-state index is 11.5. The van der Waals surface area contributed by atoms with Crippen LogP contribution < -0.4 is 0 Å². The molecular formula is C13H15ClO4. The molecule has 0 unspecified atom stereocenters. The second-order valence-electron chi connectivity index (χ2n) is 4.54. The lowest BCUT2D eigenvalue weighted by atomic mass is 9.77. The first kappa shape index (κ1) is 13.3. The van der Waals surface area contributed by atoms with Crippen molar-refractivity contribution in [1.82, 2.24) is 0 Å². The largest absolute Gasteiger partial charge is 0.481 e. The molecule has 1 fully saturated rings. The molecule has 1 saturated heterocycles. The molecule has 0 spiro atoms. The minimum absolute atomic E-state index is 0.316. The normalized spacial score (nSPS) is 20.3. The van der Waals surface area contributed by atoms with Gasteiger partial charge in [-0.3, -0.25) is 4.79 Å². The van der Waals surface area contributed by atoms with Crippen LogP contribution in [0.3, 0.4) is 0 Å². The summed E-state index contributed by atoms with van der Waals surface area (Å²) in [6.45, 7) is 0.752. The first-order valence-corrected chi connectivity index (χ1v) is 6.19. The number of carboxylic acid groups (broad SMARTS) is 1. The molecule has 2 N–H and O–H groups in total. The molecule has 1 atom stereocenters. The molecule has 0 radical (unpaired) electrons. The number of benzene rings is 1. The van der Waals surface area contributed by atoms with Gasteiger partial charge in [-0.05, 0) is 17.7 Å². The van der Waals surface area contributed by atoms with Crippen molar-refractivity contribution in [2.75, 3.05) is 13.2 Å². The van der Waals surface area contributed by atoms with Crippen LogP contribution in [0.5, 0.6) is 0 Å². The summed E-state index contributed by atoms with van der Waals surface area (Å²) in [5, 5.41) is 20.4. The van der Waals surface area contributed by atoms with Gasteiger partial charge in [-0.2, -0.15) is 0 Å². The Labute approximate surface area is 110 Å². The van der Waals surface area contributed by atoms with Crippen LogP contribution in [-0.2, 0) is 9.53 Å². The van der Waals surface area contributed by atoms with E-state index in [0.29, 0.717) is 36.6 Å². The van der Waals surface area contributed by atoms with E-state index in [1.165, 1.54) is 0 Å². The summed E-state index contributed by atoms with van der Waals surface area (Å²) in [5.41, 5.74) is -0.742. The number of hydrogen-bond donors (Lipinski definition) is 2. The Morgan fingerprint density at radius 1 is 1.39 bits per heavy atom. The van der Waals surface area contributed by atoms with Crippen LogP contribution in [0, 0.1) is 0 Å². The molecular weight excluding hydrogens is 256 g/mol. The van der Waals surface area contributed by atoms with Gasteiger partial charge in [0.1, 0.15) is 5.92 Å². The highest BCUT2D eigenvalue weighted by Gasteiger charge is 2.43. The van der Waals surface area contributed by atoms with Gasteiger partial charge in [0, 0.05) is 31.1 Å². The molecule has 1 aromatic carbocycles. The fourth-order valence-corrected chi connectivity index (χ4v) is 2.58. The third-order valence-electron chi connectivity index (χ3n) is 3.32. The molecule has 98 valence electrons. The highest BCUT2D eigenvalue weighted by atomic mass is 35.5. The fourth-order valence-electron chi connectivity index (χ4n) is 2.38. The zero-order valence-electron chi connectivity index (χ0n) is 9.80. The monoisotopic (exact) mass is 270 g/mol. The fraction of sp³-hybridized carbons (Fsp3) is 0.462. The Kier molecular flexibility index (Phi) is 3.90. The molecule has 0 bridgehead atoms. The van der Waals surface area contributed by atoms with Crippen LogP contribution in [0.1, 0.15) is 24.3 Å². The van der Waals surface area contributed by atoms with Crippen LogP contribution in [0.15, 0.2) is 24.3 Å². The van der Waals surface area contributed by atoms with E-state index >= 15 is 0 Å². The van der Waals surface area contributed by atoms with Gasteiger partial charge in [-0.1, -0.05) is 23.7 Å². The van der Waals surface area contributed by atoms with Gasteiger partial charge < -0.3 is 14.9 Å². The van der Waals surface area contributed by atoms with Crippen molar-refractivity contribution in [3.05, 3.63) is 34.9 Å². The molecule has 18 heavy (non-hydrogen) atoms. The van der Waals surface area contributed by atoms with Crippen LogP contribution >= 0.6 is 11.6 Å². The van der Waals surface area contributed by atoms with E-state index in [0.717, 1.165) is 0 Å². The number of aliphatic carboxylic acids is 1. The molecule has 0 aromatic heterocycles. The molecule has 5 heteroatoms. The Balaban J connectivity index is 2.36. The quantitative estimate of drug-likeness (QED) is 0.882. The van der Waals surface area contributed by atoms with Crippen LogP contribution in [0.25, 0.3) is 0 Å². The van der Waals surface area contributed by atoms with Crippen molar-refractivity contribution in [1.29, 1.82) is 0 Å². The summed E-state index contributed by atoms with van der Waals surface area (Å²) >= 11 is 5.88. The van der Waals surface area contributed by atoms with Crippen LogP contribution in [-0.4, -0.2) is 35.0 Å². The van der Waals surface area contributed by atoms with Gasteiger partial charge >= 0.3 is 5.97 Å². The highest BCUT2D eigenvalue weighted by Crippen LogP contribution is 2.37. The van der Waals surface area contributed by atoms with Gasteiger partial charge in [0.25, 0.3) is 0 Å². The minimum atomic E-state index is -1.27. The van der Waals surface area contributed by atoms with E-state index < -0.39 is 17.5 Å².